The van der Waals surface area contributed by atoms with Gasteiger partial charge in [0.2, 0.25) is 11.8 Å². The number of oxazole rings is 1. The number of hydrogen-bond acceptors (Lipinski definition) is 4. The van der Waals surface area contributed by atoms with Crippen molar-refractivity contribution in [3.8, 4) is 11.5 Å². The number of aromatic nitrogens is 2. The fourth-order valence-electron chi connectivity index (χ4n) is 2.13. The van der Waals surface area contributed by atoms with Gasteiger partial charge in [0.05, 0.1) is 17.7 Å². The Morgan fingerprint density at radius 3 is 2.91 bits per heavy atom. The first-order valence-electron chi connectivity index (χ1n) is 7.04. The number of rotatable bonds is 4. The second-order valence-electron chi connectivity index (χ2n) is 5.00. The molecule has 5 nitrogen and oxygen atoms in total. The van der Waals surface area contributed by atoms with Gasteiger partial charge in [-0.3, -0.25) is 9.78 Å². The van der Waals surface area contributed by atoms with Crippen molar-refractivity contribution >= 4 is 23.2 Å². The first-order valence-corrected chi connectivity index (χ1v) is 7.42. The minimum Gasteiger partial charge on any atom is -0.441 e. The van der Waals surface area contributed by atoms with Gasteiger partial charge in [-0.2, -0.15) is 0 Å². The minimum atomic E-state index is -0.179. The van der Waals surface area contributed by atoms with E-state index in [0.29, 0.717) is 28.1 Å². The maximum absolute atomic E-state index is 12.1. The molecule has 6 heteroatoms. The molecule has 0 radical (unpaired) electrons. The smallest absolute Gasteiger partial charge is 0.230 e. The third-order valence-corrected chi connectivity index (χ3v) is 3.47. The number of hydrogen-bond donors (Lipinski definition) is 1. The van der Waals surface area contributed by atoms with Crippen LogP contribution in [0.4, 0.5) is 5.69 Å². The van der Waals surface area contributed by atoms with Gasteiger partial charge < -0.3 is 9.73 Å². The highest BCUT2D eigenvalue weighted by Gasteiger charge is 2.15. The van der Waals surface area contributed by atoms with Gasteiger partial charge >= 0.3 is 0 Å². The molecule has 2 heterocycles. The molecule has 2 aromatic heterocycles. The molecule has 3 aromatic rings. The monoisotopic (exact) mass is 327 g/mol. The second kappa shape index (κ2) is 6.62. The summed E-state index contributed by atoms with van der Waals surface area (Å²) in [6.07, 6.45) is 3.47. The lowest BCUT2D eigenvalue weighted by atomic mass is 10.2. The van der Waals surface area contributed by atoms with Gasteiger partial charge in [0.1, 0.15) is 5.76 Å². The first-order chi connectivity index (χ1) is 11.1. The Morgan fingerprint density at radius 1 is 1.30 bits per heavy atom. The summed E-state index contributed by atoms with van der Waals surface area (Å²) in [6.45, 7) is 1.79. The van der Waals surface area contributed by atoms with Gasteiger partial charge in [-0.25, -0.2) is 4.98 Å². The number of aryl methyl sites for hydroxylation is 1. The van der Waals surface area contributed by atoms with Crippen molar-refractivity contribution in [2.75, 3.05) is 5.32 Å². The van der Waals surface area contributed by atoms with Crippen molar-refractivity contribution in [1.82, 2.24) is 9.97 Å². The molecule has 0 saturated carbocycles. The molecule has 0 spiro atoms. The highest BCUT2D eigenvalue weighted by atomic mass is 35.5. The summed E-state index contributed by atoms with van der Waals surface area (Å²) in [7, 11) is 0. The van der Waals surface area contributed by atoms with Crippen molar-refractivity contribution in [3.63, 3.8) is 0 Å². The van der Waals surface area contributed by atoms with Gasteiger partial charge in [-0.1, -0.05) is 17.7 Å². The summed E-state index contributed by atoms with van der Waals surface area (Å²) in [4.78, 5) is 20.6. The quantitative estimate of drug-likeness (QED) is 0.789. The van der Waals surface area contributed by atoms with Crippen LogP contribution in [0.15, 0.2) is 53.2 Å². The molecule has 0 saturated heterocycles. The fraction of sp³-hybridized carbons (Fsp3) is 0.118. The number of nitrogens with one attached hydrogen (secondary N) is 1. The molecule has 1 amide bonds. The van der Waals surface area contributed by atoms with Crippen LogP contribution in [0, 0.1) is 6.92 Å². The molecule has 0 atom stereocenters. The highest BCUT2D eigenvalue weighted by molar-refractivity contribution is 6.30. The number of benzene rings is 1. The molecule has 0 aliphatic rings. The molecule has 0 bridgehead atoms. The van der Waals surface area contributed by atoms with E-state index in [1.54, 1.807) is 49.6 Å². The standard InChI is InChI=1S/C17H14ClN3O2/c1-11-15(21-17(23-11)12-4-3-7-19-10-12)9-16(22)20-14-6-2-5-13(18)8-14/h2-8,10H,9H2,1H3,(H,20,22). The minimum absolute atomic E-state index is 0.127. The van der Waals surface area contributed by atoms with Crippen LogP contribution in [0.3, 0.4) is 0 Å². The summed E-state index contributed by atoms with van der Waals surface area (Å²) < 4.78 is 5.62. The molecule has 0 fully saturated rings. The van der Waals surface area contributed by atoms with Crippen LogP contribution < -0.4 is 5.32 Å². The largest absolute Gasteiger partial charge is 0.441 e. The Kier molecular flexibility index (Phi) is 4.39. The van der Waals surface area contributed by atoms with E-state index in [1.807, 2.05) is 6.07 Å². The van der Waals surface area contributed by atoms with Gasteiger partial charge in [-0.15, -0.1) is 0 Å². The number of pyridine rings is 1. The predicted molar refractivity (Wildman–Crippen MR) is 88.3 cm³/mol. The van der Waals surface area contributed by atoms with E-state index >= 15 is 0 Å². The number of halogens is 1. The summed E-state index contributed by atoms with van der Waals surface area (Å²) in [6, 6.07) is 10.7. The SMILES string of the molecule is Cc1oc(-c2cccnc2)nc1CC(=O)Nc1cccc(Cl)c1. The van der Waals surface area contributed by atoms with E-state index in [-0.39, 0.29) is 12.3 Å². The fourth-order valence-corrected chi connectivity index (χ4v) is 2.32. The van der Waals surface area contributed by atoms with Crippen LogP contribution in [0.2, 0.25) is 5.02 Å². The normalized spacial score (nSPS) is 10.5. The summed E-state index contributed by atoms with van der Waals surface area (Å²) in [5, 5.41) is 3.36. The third kappa shape index (κ3) is 3.76. The lowest BCUT2D eigenvalue weighted by Crippen LogP contribution is -2.15. The van der Waals surface area contributed by atoms with Gasteiger partial charge in [-0.05, 0) is 37.3 Å². The van der Waals surface area contributed by atoms with Gasteiger partial charge in [0, 0.05) is 23.1 Å². The Bertz CT molecular complexity index is 831. The first kappa shape index (κ1) is 15.2. The van der Waals surface area contributed by atoms with Crippen LogP contribution in [0.25, 0.3) is 11.5 Å². The van der Waals surface area contributed by atoms with E-state index < -0.39 is 0 Å². The lowest BCUT2D eigenvalue weighted by Gasteiger charge is -2.04. The number of anilines is 1. The zero-order chi connectivity index (χ0) is 16.2. The van der Waals surface area contributed by atoms with Crippen LogP contribution in [0.1, 0.15) is 11.5 Å². The average molecular weight is 328 g/mol. The molecule has 23 heavy (non-hydrogen) atoms. The number of carbonyl (C=O) groups excluding carboxylic acids is 1. The maximum Gasteiger partial charge on any atom is 0.230 e. The van der Waals surface area contributed by atoms with E-state index in [9.17, 15) is 4.79 Å². The Hall–Kier alpha value is -2.66. The highest BCUT2D eigenvalue weighted by Crippen LogP contribution is 2.21. The van der Waals surface area contributed by atoms with Crippen molar-refractivity contribution < 1.29 is 9.21 Å². The Balaban J connectivity index is 1.73. The number of nitrogens with zero attached hydrogens (tertiary/aromatic N) is 2. The zero-order valence-electron chi connectivity index (χ0n) is 12.4. The van der Waals surface area contributed by atoms with E-state index in [1.165, 1.54) is 0 Å². The maximum atomic E-state index is 12.1. The van der Waals surface area contributed by atoms with Crippen molar-refractivity contribution in [3.05, 3.63) is 65.3 Å². The summed E-state index contributed by atoms with van der Waals surface area (Å²) >= 11 is 5.90. The number of amides is 1. The molecular weight excluding hydrogens is 314 g/mol. The molecule has 0 unspecified atom stereocenters. The van der Waals surface area contributed by atoms with Crippen LogP contribution in [-0.2, 0) is 11.2 Å². The Morgan fingerprint density at radius 2 is 2.17 bits per heavy atom. The molecule has 0 aliphatic carbocycles. The lowest BCUT2D eigenvalue weighted by molar-refractivity contribution is -0.115. The predicted octanol–water partition coefficient (Wildman–Crippen LogP) is 3.88. The van der Waals surface area contributed by atoms with Crippen LogP contribution >= 0.6 is 11.6 Å². The number of carbonyl (C=O) groups is 1. The van der Waals surface area contributed by atoms with Gasteiger partial charge in [0.15, 0.2) is 0 Å². The molecule has 1 N–H and O–H groups in total. The van der Waals surface area contributed by atoms with Gasteiger partial charge in [0.25, 0.3) is 0 Å². The van der Waals surface area contributed by atoms with Crippen molar-refractivity contribution in [2.24, 2.45) is 0 Å². The molecule has 0 aliphatic heterocycles. The van der Waals surface area contributed by atoms with Crippen molar-refractivity contribution in [2.45, 2.75) is 13.3 Å². The van der Waals surface area contributed by atoms with E-state index in [4.69, 9.17) is 16.0 Å². The second-order valence-corrected chi connectivity index (χ2v) is 5.44. The topological polar surface area (TPSA) is 68.0 Å². The van der Waals surface area contributed by atoms with Crippen LogP contribution in [-0.4, -0.2) is 15.9 Å². The molecular formula is C17H14ClN3O2. The van der Waals surface area contributed by atoms with Crippen molar-refractivity contribution in [1.29, 1.82) is 0 Å². The summed E-state index contributed by atoms with van der Waals surface area (Å²) in [5.74, 6) is 0.896. The average Bonchev–Trinajstić information content (AvgIpc) is 2.89. The molecule has 116 valence electrons. The Labute approximate surface area is 138 Å². The van der Waals surface area contributed by atoms with E-state index in [0.717, 1.165) is 5.56 Å². The molecule has 1 aromatic carbocycles. The van der Waals surface area contributed by atoms with E-state index in [2.05, 4.69) is 15.3 Å². The van der Waals surface area contributed by atoms with Crippen LogP contribution in [0.5, 0.6) is 0 Å². The zero-order valence-corrected chi connectivity index (χ0v) is 13.2. The molecule has 3 rings (SSSR count). The third-order valence-electron chi connectivity index (χ3n) is 3.24. The summed E-state index contributed by atoms with van der Waals surface area (Å²) in [5.41, 5.74) is 2.02.